The molecule has 6 nitrogen and oxygen atoms in total. The van der Waals surface area contributed by atoms with Crippen LogP contribution in [0.5, 0.6) is 0 Å². The number of carbonyl (C=O) groups excluding carboxylic acids is 1. The van der Waals surface area contributed by atoms with Gasteiger partial charge in [0.1, 0.15) is 6.33 Å². The van der Waals surface area contributed by atoms with Gasteiger partial charge in [0.25, 0.3) is 5.91 Å². The van der Waals surface area contributed by atoms with E-state index in [9.17, 15) is 4.79 Å². The van der Waals surface area contributed by atoms with Gasteiger partial charge in [-0.1, -0.05) is 0 Å². The molecule has 0 saturated carbocycles. The van der Waals surface area contributed by atoms with Crippen LogP contribution in [0.3, 0.4) is 0 Å². The molecule has 1 aromatic rings. The van der Waals surface area contributed by atoms with E-state index >= 15 is 0 Å². The molecule has 6 heteroatoms. The highest BCUT2D eigenvalue weighted by molar-refractivity contribution is 5.90. The Morgan fingerprint density at radius 1 is 1.65 bits per heavy atom. The van der Waals surface area contributed by atoms with Crippen LogP contribution in [0.1, 0.15) is 36.3 Å². The van der Waals surface area contributed by atoms with E-state index in [0.717, 1.165) is 38.8 Å². The van der Waals surface area contributed by atoms with Crippen molar-refractivity contribution in [2.75, 3.05) is 19.7 Å². The molecule has 1 aromatic heterocycles. The summed E-state index contributed by atoms with van der Waals surface area (Å²) in [5.41, 5.74) is 0. The first-order valence-electron chi connectivity index (χ1n) is 6.06. The number of aromatic amines is 1. The first-order chi connectivity index (χ1) is 8.31. The Kier molecular flexibility index (Phi) is 4.08. The van der Waals surface area contributed by atoms with Crippen molar-refractivity contribution in [1.82, 2.24) is 20.1 Å². The first-order valence-corrected chi connectivity index (χ1v) is 6.06. The number of nitrogens with one attached hydrogen (secondary N) is 1. The van der Waals surface area contributed by atoms with Gasteiger partial charge >= 0.3 is 0 Å². The minimum Gasteiger partial charge on any atom is -0.396 e. The number of rotatable bonds is 4. The fraction of sp³-hybridized carbons (Fsp3) is 0.727. The number of nitrogens with zero attached hydrogens (tertiary/aromatic N) is 3. The van der Waals surface area contributed by atoms with Crippen molar-refractivity contribution < 1.29 is 9.90 Å². The quantitative estimate of drug-likeness (QED) is 0.797. The minimum absolute atomic E-state index is 0.0730. The molecule has 0 bridgehead atoms. The molecule has 17 heavy (non-hydrogen) atoms. The van der Waals surface area contributed by atoms with Gasteiger partial charge in [-0.3, -0.25) is 9.89 Å². The molecule has 1 aliphatic heterocycles. The molecular weight excluding hydrogens is 220 g/mol. The van der Waals surface area contributed by atoms with E-state index in [0.29, 0.717) is 11.7 Å². The molecule has 2 N–H and O–H groups in total. The predicted molar refractivity (Wildman–Crippen MR) is 61.3 cm³/mol. The van der Waals surface area contributed by atoms with Crippen molar-refractivity contribution >= 4 is 5.91 Å². The zero-order valence-electron chi connectivity index (χ0n) is 9.80. The van der Waals surface area contributed by atoms with E-state index in [1.165, 1.54) is 6.33 Å². The molecule has 1 amide bonds. The number of H-pyrrole nitrogens is 1. The average molecular weight is 238 g/mol. The summed E-state index contributed by atoms with van der Waals surface area (Å²) < 4.78 is 0. The Morgan fingerprint density at radius 2 is 2.53 bits per heavy atom. The number of hydrogen-bond donors (Lipinski definition) is 2. The molecule has 1 fully saturated rings. The lowest BCUT2D eigenvalue weighted by Crippen LogP contribution is -2.40. The minimum atomic E-state index is -0.0730. The predicted octanol–water partition coefficient (Wildman–Crippen LogP) is 0.429. The van der Waals surface area contributed by atoms with E-state index in [1.807, 2.05) is 4.90 Å². The fourth-order valence-electron chi connectivity index (χ4n) is 2.32. The Bertz CT molecular complexity index is 352. The standard InChI is InChI=1S/C11H18N4O2/c16-6-2-4-9-3-1-5-15(7-9)11(17)10-12-8-13-14-10/h8-9,16H,1-7H2,(H,12,13,14)/t9-/m0/s1. The summed E-state index contributed by atoms with van der Waals surface area (Å²) >= 11 is 0. The Balaban J connectivity index is 1.90. The van der Waals surface area contributed by atoms with E-state index in [1.54, 1.807) is 0 Å². The maximum atomic E-state index is 12.0. The maximum Gasteiger partial charge on any atom is 0.291 e. The molecule has 0 radical (unpaired) electrons. The van der Waals surface area contributed by atoms with Crippen molar-refractivity contribution in [3.63, 3.8) is 0 Å². The summed E-state index contributed by atoms with van der Waals surface area (Å²) in [5.74, 6) is 0.742. The zero-order valence-corrected chi connectivity index (χ0v) is 9.80. The van der Waals surface area contributed by atoms with Crippen LogP contribution in [0.4, 0.5) is 0 Å². The lowest BCUT2D eigenvalue weighted by molar-refractivity contribution is 0.0651. The van der Waals surface area contributed by atoms with Crippen LogP contribution >= 0.6 is 0 Å². The molecule has 1 atom stereocenters. The molecule has 1 saturated heterocycles. The van der Waals surface area contributed by atoms with Gasteiger partial charge in [0.15, 0.2) is 0 Å². The third-order valence-corrected chi connectivity index (χ3v) is 3.19. The summed E-state index contributed by atoms with van der Waals surface area (Å²) in [6, 6.07) is 0. The van der Waals surface area contributed by atoms with Gasteiger partial charge in [-0.15, -0.1) is 0 Å². The van der Waals surface area contributed by atoms with E-state index < -0.39 is 0 Å². The summed E-state index contributed by atoms with van der Waals surface area (Å²) in [5, 5.41) is 15.1. The van der Waals surface area contributed by atoms with Crippen LogP contribution in [-0.2, 0) is 0 Å². The van der Waals surface area contributed by atoms with E-state index in [-0.39, 0.29) is 12.5 Å². The lowest BCUT2D eigenvalue weighted by atomic mass is 9.93. The second kappa shape index (κ2) is 5.77. The van der Waals surface area contributed by atoms with Gasteiger partial charge in [0.05, 0.1) is 0 Å². The normalized spacial score (nSPS) is 20.5. The molecule has 94 valence electrons. The summed E-state index contributed by atoms with van der Waals surface area (Å²) in [6.07, 6.45) is 5.31. The number of hydrogen-bond acceptors (Lipinski definition) is 4. The number of piperidine rings is 1. The van der Waals surface area contributed by atoms with Gasteiger partial charge in [0, 0.05) is 19.7 Å². The third kappa shape index (κ3) is 3.03. The first kappa shape index (κ1) is 12.0. The van der Waals surface area contributed by atoms with Crippen LogP contribution in [0.25, 0.3) is 0 Å². The van der Waals surface area contributed by atoms with Gasteiger partial charge < -0.3 is 10.0 Å². The number of likely N-dealkylation sites (tertiary alicyclic amines) is 1. The topological polar surface area (TPSA) is 82.1 Å². The molecule has 0 aliphatic carbocycles. The van der Waals surface area contributed by atoms with Crippen LogP contribution in [0, 0.1) is 5.92 Å². The van der Waals surface area contributed by atoms with Crippen LogP contribution in [0.2, 0.25) is 0 Å². The number of carbonyl (C=O) groups is 1. The largest absolute Gasteiger partial charge is 0.396 e. The smallest absolute Gasteiger partial charge is 0.291 e. The second-order valence-electron chi connectivity index (χ2n) is 4.46. The Hall–Kier alpha value is -1.43. The fourth-order valence-corrected chi connectivity index (χ4v) is 2.32. The van der Waals surface area contributed by atoms with Crippen molar-refractivity contribution in [3.8, 4) is 0 Å². The molecular formula is C11H18N4O2. The van der Waals surface area contributed by atoms with Crippen LogP contribution in [0.15, 0.2) is 6.33 Å². The van der Waals surface area contributed by atoms with Gasteiger partial charge in [-0.2, -0.15) is 5.10 Å². The summed E-state index contributed by atoms with van der Waals surface area (Å²) in [6.45, 7) is 1.78. The van der Waals surface area contributed by atoms with E-state index in [2.05, 4.69) is 15.2 Å². The molecule has 0 aromatic carbocycles. The number of aliphatic hydroxyl groups excluding tert-OH is 1. The highest BCUT2D eigenvalue weighted by Gasteiger charge is 2.25. The van der Waals surface area contributed by atoms with Crippen LogP contribution < -0.4 is 0 Å². The third-order valence-electron chi connectivity index (χ3n) is 3.19. The number of aliphatic hydroxyl groups is 1. The lowest BCUT2D eigenvalue weighted by Gasteiger charge is -2.32. The van der Waals surface area contributed by atoms with Crippen molar-refractivity contribution in [2.45, 2.75) is 25.7 Å². The monoisotopic (exact) mass is 238 g/mol. The number of amides is 1. The summed E-state index contributed by atoms with van der Waals surface area (Å²) in [7, 11) is 0. The van der Waals surface area contributed by atoms with Gasteiger partial charge in [0.2, 0.25) is 5.82 Å². The van der Waals surface area contributed by atoms with Crippen molar-refractivity contribution in [3.05, 3.63) is 12.2 Å². The maximum absolute atomic E-state index is 12.0. The van der Waals surface area contributed by atoms with Crippen molar-refractivity contribution in [2.24, 2.45) is 5.92 Å². The molecule has 0 spiro atoms. The van der Waals surface area contributed by atoms with Gasteiger partial charge in [-0.25, -0.2) is 4.98 Å². The second-order valence-corrected chi connectivity index (χ2v) is 4.46. The SMILES string of the molecule is O=C(c1ncn[nH]1)N1CCC[C@@H](CCCO)C1. The highest BCUT2D eigenvalue weighted by Crippen LogP contribution is 2.21. The zero-order chi connectivity index (χ0) is 12.1. The number of aromatic nitrogens is 3. The summed E-state index contributed by atoms with van der Waals surface area (Å²) in [4.78, 5) is 17.7. The average Bonchev–Trinajstić information content (AvgIpc) is 2.89. The van der Waals surface area contributed by atoms with E-state index in [4.69, 9.17) is 5.11 Å². The van der Waals surface area contributed by atoms with Gasteiger partial charge in [-0.05, 0) is 31.6 Å². The molecule has 2 heterocycles. The molecule has 0 unspecified atom stereocenters. The molecule has 1 aliphatic rings. The Morgan fingerprint density at radius 3 is 3.24 bits per heavy atom. The van der Waals surface area contributed by atoms with Crippen LogP contribution in [-0.4, -0.2) is 50.8 Å². The molecule has 2 rings (SSSR count). The highest BCUT2D eigenvalue weighted by atomic mass is 16.2. The van der Waals surface area contributed by atoms with Crippen molar-refractivity contribution in [1.29, 1.82) is 0 Å². The Labute approximate surface area is 100 Å².